The lowest BCUT2D eigenvalue weighted by atomic mass is 9.64. The summed E-state index contributed by atoms with van der Waals surface area (Å²) in [7, 11) is 1.79. The molecule has 2 rings (SSSR count). The van der Waals surface area contributed by atoms with Crippen molar-refractivity contribution < 1.29 is 4.74 Å². The van der Waals surface area contributed by atoms with Gasteiger partial charge in [-0.15, -0.1) is 0 Å². The normalized spacial score (nSPS) is 28.8. The van der Waals surface area contributed by atoms with Gasteiger partial charge in [-0.2, -0.15) is 0 Å². The van der Waals surface area contributed by atoms with E-state index < -0.39 is 0 Å². The summed E-state index contributed by atoms with van der Waals surface area (Å²) in [6, 6.07) is 0.525. The molecule has 1 heterocycles. The Balaban J connectivity index is 2.22. The molecular formula is C13H23N3O. The van der Waals surface area contributed by atoms with Crippen LogP contribution in [0.3, 0.4) is 0 Å². The monoisotopic (exact) mass is 237 g/mol. The molecule has 0 aliphatic heterocycles. The maximum atomic E-state index is 6.12. The molecule has 0 saturated heterocycles. The lowest BCUT2D eigenvalue weighted by Crippen LogP contribution is -2.51. The molecule has 4 heteroatoms. The quantitative estimate of drug-likeness (QED) is 0.874. The van der Waals surface area contributed by atoms with Crippen LogP contribution in [0.2, 0.25) is 0 Å². The van der Waals surface area contributed by atoms with Crippen molar-refractivity contribution in [1.29, 1.82) is 0 Å². The molecule has 96 valence electrons. The summed E-state index contributed by atoms with van der Waals surface area (Å²) in [6.07, 6.45) is 6.12. The van der Waals surface area contributed by atoms with E-state index >= 15 is 0 Å². The Morgan fingerprint density at radius 3 is 2.88 bits per heavy atom. The largest absolute Gasteiger partial charge is 0.381 e. The van der Waals surface area contributed by atoms with Crippen molar-refractivity contribution >= 4 is 0 Å². The Kier molecular flexibility index (Phi) is 3.27. The second-order valence-corrected chi connectivity index (χ2v) is 5.54. The van der Waals surface area contributed by atoms with Gasteiger partial charge in [-0.25, -0.2) is 4.98 Å². The predicted octanol–water partition coefficient (Wildman–Crippen LogP) is 2.28. The van der Waals surface area contributed by atoms with E-state index in [4.69, 9.17) is 10.5 Å². The Morgan fingerprint density at radius 1 is 1.65 bits per heavy atom. The molecule has 2 unspecified atom stereocenters. The van der Waals surface area contributed by atoms with Gasteiger partial charge in [0.25, 0.3) is 0 Å². The minimum absolute atomic E-state index is 0.0786. The fraction of sp³-hybridized carbons (Fsp3) is 0.769. The molecule has 0 radical (unpaired) electrons. The van der Waals surface area contributed by atoms with Crippen molar-refractivity contribution in [2.24, 2.45) is 11.1 Å². The summed E-state index contributed by atoms with van der Waals surface area (Å²) < 4.78 is 7.73. The smallest absolute Gasteiger partial charge is 0.0951 e. The molecule has 1 aliphatic rings. The van der Waals surface area contributed by atoms with Gasteiger partial charge in [0.15, 0.2) is 0 Å². The summed E-state index contributed by atoms with van der Waals surface area (Å²) in [5.74, 6) is 0. The number of nitrogens with zero attached hydrogens (tertiary/aromatic N) is 2. The van der Waals surface area contributed by atoms with Gasteiger partial charge in [-0.3, -0.25) is 0 Å². The van der Waals surface area contributed by atoms with E-state index in [1.54, 1.807) is 7.11 Å². The number of ether oxygens (including phenoxy) is 1. The van der Waals surface area contributed by atoms with Crippen LogP contribution in [0.5, 0.6) is 0 Å². The highest BCUT2D eigenvalue weighted by molar-refractivity contribution is 5.12. The van der Waals surface area contributed by atoms with E-state index in [0.29, 0.717) is 12.1 Å². The first-order chi connectivity index (χ1) is 8.02. The fourth-order valence-corrected chi connectivity index (χ4v) is 2.81. The number of nitrogens with two attached hydrogens (primary N) is 1. The molecule has 1 aliphatic carbocycles. The predicted molar refractivity (Wildman–Crippen MR) is 67.7 cm³/mol. The maximum absolute atomic E-state index is 6.12. The topological polar surface area (TPSA) is 53.1 Å². The van der Waals surface area contributed by atoms with Crippen LogP contribution in [0, 0.1) is 5.41 Å². The van der Waals surface area contributed by atoms with Gasteiger partial charge in [0, 0.05) is 30.8 Å². The van der Waals surface area contributed by atoms with Gasteiger partial charge in [-0.05, 0) is 12.8 Å². The second-order valence-electron chi connectivity index (χ2n) is 5.54. The van der Waals surface area contributed by atoms with Crippen molar-refractivity contribution in [2.45, 2.75) is 51.8 Å². The molecule has 3 atom stereocenters. The van der Waals surface area contributed by atoms with Crippen LogP contribution < -0.4 is 5.73 Å². The maximum Gasteiger partial charge on any atom is 0.0951 e. The lowest BCUT2D eigenvalue weighted by Gasteiger charge is -2.52. The van der Waals surface area contributed by atoms with Crippen LogP contribution in [0.15, 0.2) is 12.5 Å². The van der Waals surface area contributed by atoms with Gasteiger partial charge in [0.05, 0.1) is 18.1 Å². The summed E-state index contributed by atoms with van der Waals surface area (Å²) >= 11 is 0. The zero-order valence-corrected chi connectivity index (χ0v) is 11.2. The van der Waals surface area contributed by atoms with Gasteiger partial charge in [-0.1, -0.05) is 20.8 Å². The molecule has 4 nitrogen and oxygen atoms in total. The standard InChI is InChI=1S/C13H23N3O/c1-5-9(14)10-7-15-8-16(10)11-6-12(17-4)13(11,2)3/h7-9,11-12H,5-6,14H2,1-4H3/t9-,11?,12?/m1/s1. The Bertz CT molecular complexity index is 386. The minimum atomic E-state index is 0.0786. The van der Waals surface area contributed by atoms with Gasteiger partial charge in [0.1, 0.15) is 0 Å². The van der Waals surface area contributed by atoms with E-state index in [1.807, 2.05) is 12.5 Å². The van der Waals surface area contributed by atoms with Crippen LogP contribution in [-0.4, -0.2) is 22.8 Å². The van der Waals surface area contributed by atoms with E-state index in [2.05, 4.69) is 30.3 Å². The highest BCUT2D eigenvalue weighted by Gasteiger charge is 2.50. The molecule has 0 bridgehead atoms. The molecular weight excluding hydrogens is 214 g/mol. The Morgan fingerprint density at radius 2 is 2.35 bits per heavy atom. The molecule has 0 amide bonds. The molecule has 1 saturated carbocycles. The third-order valence-corrected chi connectivity index (χ3v) is 4.26. The van der Waals surface area contributed by atoms with Crippen molar-refractivity contribution in [3.63, 3.8) is 0 Å². The first-order valence-electron chi connectivity index (χ1n) is 6.32. The zero-order chi connectivity index (χ0) is 12.6. The van der Waals surface area contributed by atoms with Crippen LogP contribution in [-0.2, 0) is 4.74 Å². The number of methoxy groups -OCH3 is 1. The SMILES string of the molecule is CC[C@@H](N)c1cncn1C1CC(OC)C1(C)C. The van der Waals surface area contributed by atoms with E-state index in [1.165, 1.54) is 0 Å². The highest BCUT2D eigenvalue weighted by atomic mass is 16.5. The van der Waals surface area contributed by atoms with Crippen molar-refractivity contribution in [3.8, 4) is 0 Å². The number of rotatable bonds is 4. The van der Waals surface area contributed by atoms with Crippen LogP contribution in [0.25, 0.3) is 0 Å². The number of imidazole rings is 1. The first kappa shape index (κ1) is 12.6. The second kappa shape index (κ2) is 4.42. The van der Waals surface area contributed by atoms with E-state index in [-0.39, 0.29) is 11.5 Å². The summed E-state index contributed by atoms with van der Waals surface area (Å²) in [6.45, 7) is 6.60. The van der Waals surface area contributed by atoms with Crippen molar-refractivity contribution in [1.82, 2.24) is 9.55 Å². The van der Waals surface area contributed by atoms with Crippen molar-refractivity contribution in [3.05, 3.63) is 18.2 Å². The highest BCUT2D eigenvalue weighted by Crippen LogP contribution is 2.51. The van der Waals surface area contributed by atoms with E-state index in [0.717, 1.165) is 18.5 Å². The average molecular weight is 237 g/mol. The van der Waals surface area contributed by atoms with E-state index in [9.17, 15) is 0 Å². The number of hydrogen-bond donors (Lipinski definition) is 1. The van der Waals surface area contributed by atoms with Crippen LogP contribution >= 0.6 is 0 Å². The minimum Gasteiger partial charge on any atom is -0.381 e. The number of aromatic nitrogens is 2. The van der Waals surface area contributed by atoms with Crippen molar-refractivity contribution in [2.75, 3.05) is 7.11 Å². The Labute approximate surface area is 103 Å². The van der Waals surface area contributed by atoms with Crippen LogP contribution in [0.1, 0.15) is 51.4 Å². The number of hydrogen-bond acceptors (Lipinski definition) is 3. The fourth-order valence-electron chi connectivity index (χ4n) is 2.81. The third kappa shape index (κ3) is 1.89. The summed E-state index contributed by atoms with van der Waals surface area (Å²) in [4.78, 5) is 4.25. The molecule has 1 aromatic rings. The molecule has 0 spiro atoms. The summed E-state index contributed by atoms with van der Waals surface area (Å²) in [5.41, 5.74) is 7.41. The molecule has 1 fully saturated rings. The lowest BCUT2D eigenvalue weighted by molar-refractivity contribution is -0.113. The first-order valence-corrected chi connectivity index (χ1v) is 6.32. The average Bonchev–Trinajstić information content (AvgIpc) is 2.76. The molecule has 17 heavy (non-hydrogen) atoms. The van der Waals surface area contributed by atoms with Gasteiger partial charge < -0.3 is 15.0 Å². The Hall–Kier alpha value is -0.870. The molecule has 2 N–H and O–H groups in total. The molecule has 0 aromatic carbocycles. The van der Waals surface area contributed by atoms with Gasteiger partial charge in [0.2, 0.25) is 0 Å². The van der Waals surface area contributed by atoms with Gasteiger partial charge >= 0.3 is 0 Å². The third-order valence-electron chi connectivity index (χ3n) is 4.26. The molecule has 1 aromatic heterocycles. The van der Waals surface area contributed by atoms with Crippen LogP contribution in [0.4, 0.5) is 0 Å². The zero-order valence-electron chi connectivity index (χ0n) is 11.2. The summed E-state index contributed by atoms with van der Waals surface area (Å²) in [5, 5.41) is 0.